The highest BCUT2D eigenvalue weighted by Gasteiger charge is 2.25. The quantitative estimate of drug-likeness (QED) is 0.368. The molecule has 0 saturated heterocycles. The minimum Gasteiger partial charge on any atom is -0.449 e. The van der Waals surface area contributed by atoms with Gasteiger partial charge in [0.1, 0.15) is 5.69 Å². The fourth-order valence-corrected chi connectivity index (χ4v) is 2.40. The van der Waals surface area contributed by atoms with Gasteiger partial charge in [-0.2, -0.15) is 0 Å². The van der Waals surface area contributed by atoms with Crippen molar-refractivity contribution in [3.63, 3.8) is 0 Å². The molecule has 0 fully saturated rings. The Morgan fingerprint density at radius 1 is 1.23 bits per heavy atom. The monoisotopic (exact) mass is 357 g/mol. The minimum atomic E-state index is -1.06. The van der Waals surface area contributed by atoms with Crippen LogP contribution in [0.4, 0.5) is 17.1 Å². The van der Waals surface area contributed by atoms with E-state index in [0.717, 1.165) is 6.07 Å². The number of nitrogens with two attached hydrogens (primary N) is 1. The fraction of sp³-hybridized carbons (Fsp3) is 0.222. The average molecular weight is 357 g/mol. The number of esters is 1. The largest absolute Gasteiger partial charge is 0.449 e. The molecule has 8 heteroatoms. The van der Waals surface area contributed by atoms with Gasteiger partial charge in [0.25, 0.3) is 11.6 Å². The van der Waals surface area contributed by atoms with Crippen LogP contribution >= 0.6 is 0 Å². The summed E-state index contributed by atoms with van der Waals surface area (Å²) in [5.41, 5.74) is 5.70. The van der Waals surface area contributed by atoms with Crippen LogP contribution in [0.15, 0.2) is 48.5 Å². The molecule has 1 amide bonds. The van der Waals surface area contributed by atoms with Gasteiger partial charge in [0, 0.05) is 18.3 Å². The average Bonchev–Trinajstić information content (AvgIpc) is 2.63. The van der Waals surface area contributed by atoms with E-state index < -0.39 is 28.6 Å². The van der Waals surface area contributed by atoms with Crippen molar-refractivity contribution in [3.8, 4) is 0 Å². The molecular formula is C18H19N3O5. The van der Waals surface area contributed by atoms with Crippen molar-refractivity contribution in [2.45, 2.75) is 20.0 Å². The maximum atomic E-state index is 12.6. The molecule has 0 spiro atoms. The van der Waals surface area contributed by atoms with E-state index in [0.29, 0.717) is 12.2 Å². The van der Waals surface area contributed by atoms with Crippen LogP contribution in [0.2, 0.25) is 0 Å². The van der Waals surface area contributed by atoms with Crippen LogP contribution in [0, 0.1) is 10.1 Å². The second-order valence-electron chi connectivity index (χ2n) is 5.50. The maximum Gasteiger partial charge on any atom is 0.339 e. The lowest BCUT2D eigenvalue weighted by Gasteiger charge is -2.24. The summed E-state index contributed by atoms with van der Waals surface area (Å²) in [7, 11) is 0. The first-order valence-corrected chi connectivity index (χ1v) is 7.96. The van der Waals surface area contributed by atoms with Crippen molar-refractivity contribution in [1.29, 1.82) is 0 Å². The maximum absolute atomic E-state index is 12.6. The molecule has 2 aromatic rings. The summed E-state index contributed by atoms with van der Waals surface area (Å²) in [4.78, 5) is 36.6. The van der Waals surface area contributed by atoms with Crippen molar-refractivity contribution < 1.29 is 19.2 Å². The fourth-order valence-electron chi connectivity index (χ4n) is 2.40. The van der Waals surface area contributed by atoms with Crippen molar-refractivity contribution in [2.75, 3.05) is 17.2 Å². The van der Waals surface area contributed by atoms with Gasteiger partial charge in [-0.15, -0.1) is 0 Å². The number of anilines is 2. The van der Waals surface area contributed by atoms with Crippen LogP contribution in [0.3, 0.4) is 0 Å². The van der Waals surface area contributed by atoms with Crippen molar-refractivity contribution >= 4 is 28.9 Å². The van der Waals surface area contributed by atoms with Crippen LogP contribution in [-0.2, 0) is 9.53 Å². The second kappa shape index (κ2) is 8.11. The zero-order valence-corrected chi connectivity index (χ0v) is 14.4. The smallest absolute Gasteiger partial charge is 0.339 e. The van der Waals surface area contributed by atoms with Crippen LogP contribution in [0.1, 0.15) is 24.2 Å². The highest BCUT2D eigenvalue weighted by molar-refractivity contribution is 5.99. The van der Waals surface area contributed by atoms with Gasteiger partial charge in [-0.1, -0.05) is 18.2 Å². The number of carbonyl (C=O) groups excluding carboxylic acids is 2. The number of hydrogen-bond donors (Lipinski definition) is 1. The van der Waals surface area contributed by atoms with Gasteiger partial charge in [-0.05, 0) is 38.1 Å². The standard InChI is InChI=1S/C18H19N3O5/c1-3-20(14-7-5-4-6-8-14)17(22)12(2)26-18(23)13-9-10-15(19)16(11-13)21(24)25/h4-12H,3,19H2,1-2H3/t12-/m1/s1. The summed E-state index contributed by atoms with van der Waals surface area (Å²) in [6.45, 7) is 3.67. The van der Waals surface area contributed by atoms with E-state index in [2.05, 4.69) is 0 Å². The molecule has 0 aromatic heterocycles. The lowest BCUT2D eigenvalue weighted by atomic mass is 10.1. The molecule has 0 saturated carbocycles. The molecule has 2 aromatic carbocycles. The van der Waals surface area contributed by atoms with Gasteiger partial charge in [0.15, 0.2) is 6.10 Å². The third kappa shape index (κ3) is 4.15. The van der Waals surface area contributed by atoms with Crippen LogP contribution in [0.25, 0.3) is 0 Å². The van der Waals surface area contributed by atoms with Crippen molar-refractivity contribution in [1.82, 2.24) is 0 Å². The molecule has 0 aliphatic rings. The van der Waals surface area contributed by atoms with Gasteiger partial charge in [-0.25, -0.2) is 4.79 Å². The molecule has 8 nitrogen and oxygen atoms in total. The summed E-state index contributed by atoms with van der Waals surface area (Å²) in [5.74, 6) is -1.23. The zero-order chi connectivity index (χ0) is 19.3. The number of carbonyl (C=O) groups is 2. The topological polar surface area (TPSA) is 116 Å². The molecule has 136 valence electrons. The highest BCUT2D eigenvalue weighted by Crippen LogP contribution is 2.23. The molecule has 1 atom stereocenters. The Labute approximate surface area is 150 Å². The number of likely N-dealkylation sites (N-methyl/N-ethyl adjacent to an activating group) is 1. The number of hydrogen-bond acceptors (Lipinski definition) is 6. The van der Waals surface area contributed by atoms with E-state index in [1.807, 2.05) is 13.0 Å². The molecular weight excluding hydrogens is 338 g/mol. The molecule has 0 bridgehead atoms. The van der Waals surface area contributed by atoms with Crippen LogP contribution in [-0.4, -0.2) is 29.4 Å². The molecule has 26 heavy (non-hydrogen) atoms. The molecule has 0 aliphatic heterocycles. The van der Waals surface area contributed by atoms with E-state index in [1.54, 1.807) is 24.3 Å². The van der Waals surface area contributed by atoms with Crippen molar-refractivity contribution in [2.24, 2.45) is 0 Å². The van der Waals surface area contributed by atoms with Gasteiger partial charge in [0.2, 0.25) is 0 Å². The molecule has 0 radical (unpaired) electrons. The highest BCUT2D eigenvalue weighted by atomic mass is 16.6. The Hall–Kier alpha value is -3.42. The number of nitrogens with zero attached hydrogens (tertiary/aromatic N) is 2. The predicted octanol–water partition coefficient (Wildman–Crippen LogP) is 2.78. The first-order valence-electron chi connectivity index (χ1n) is 7.96. The predicted molar refractivity (Wildman–Crippen MR) is 96.9 cm³/mol. The van der Waals surface area contributed by atoms with Crippen LogP contribution < -0.4 is 10.6 Å². The number of para-hydroxylation sites is 1. The normalized spacial score (nSPS) is 11.5. The SMILES string of the molecule is CCN(C(=O)[C@@H](C)OC(=O)c1ccc(N)c([N+](=O)[O-])c1)c1ccccc1. The van der Waals surface area contributed by atoms with Gasteiger partial charge < -0.3 is 15.4 Å². The molecule has 0 unspecified atom stereocenters. The van der Waals surface area contributed by atoms with E-state index >= 15 is 0 Å². The lowest BCUT2D eigenvalue weighted by Crippen LogP contribution is -2.40. The number of nitrogen functional groups attached to an aromatic ring is 1. The molecule has 0 aliphatic carbocycles. The van der Waals surface area contributed by atoms with Crippen LogP contribution in [0.5, 0.6) is 0 Å². The minimum absolute atomic E-state index is 0.0479. The Morgan fingerprint density at radius 2 is 1.88 bits per heavy atom. The number of amides is 1. The van der Waals surface area contributed by atoms with E-state index in [4.69, 9.17) is 10.5 Å². The third-order valence-electron chi connectivity index (χ3n) is 3.74. The Balaban J connectivity index is 2.14. The number of benzene rings is 2. The number of rotatable bonds is 6. The van der Waals surface area contributed by atoms with E-state index in [9.17, 15) is 19.7 Å². The summed E-state index contributed by atoms with van der Waals surface area (Å²) in [6.07, 6.45) is -1.06. The molecule has 2 N–H and O–H groups in total. The number of nitro groups is 1. The summed E-state index contributed by atoms with van der Waals surface area (Å²) < 4.78 is 5.18. The third-order valence-corrected chi connectivity index (χ3v) is 3.74. The zero-order valence-electron chi connectivity index (χ0n) is 14.4. The Kier molecular flexibility index (Phi) is 5.90. The van der Waals surface area contributed by atoms with Gasteiger partial charge in [0.05, 0.1) is 10.5 Å². The molecule has 2 rings (SSSR count). The van der Waals surface area contributed by atoms with E-state index in [-0.39, 0.29) is 11.3 Å². The first-order chi connectivity index (χ1) is 12.3. The summed E-state index contributed by atoms with van der Waals surface area (Å²) >= 11 is 0. The second-order valence-corrected chi connectivity index (χ2v) is 5.50. The van der Waals surface area contributed by atoms with Gasteiger partial charge >= 0.3 is 5.97 Å². The summed E-state index contributed by atoms with van der Waals surface area (Å²) in [6, 6.07) is 12.6. The van der Waals surface area contributed by atoms with Crippen molar-refractivity contribution in [3.05, 3.63) is 64.2 Å². The molecule has 0 heterocycles. The van der Waals surface area contributed by atoms with E-state index in [1.165, 1.54) is 24.0 Å². The first kappa shape index (κ1) is 18.9. The Bertz CT molecular complexity index is 823. The summed E-state index contributed by atoms with van der Waals surface area (Å²) in [5, 5.41) is 10.9. The van der Waals surface area contributed by atoms with Gasteiger partial charge in [-0.3, -0.25) is 14.9 Å². The lowest BCUT2D eigenvalue weighted by molar-refractivity contribution is -0.383. The Morgan fingerprint density at radius 3 is 2.46 bits per heavy atom. The number of ether oxygens (including phenoxy) is 1. The number of nitro benzene ring substituents is 1.